The number of alkyl halides is 3. The van der Waals surface area contributed by atoms with Crippen LogP contribution in [0.2, 0.25) is 0 Å². The van der Waals surface area contributed by atoms with Crippen LogP contribution >= 0.6 is 0 Å². The molecule has 0 unspecified atom stereocenters. The molecule has 1 amide bonds. The summed E-state index contributed by atoms with van der Waals surface area (Å²) in [5.41, 5.74) is -0.712. The van der Waals surface area contributed by atoms with Crippen molar-refractivity contribution in [3.8, 4) is 0 Å². The SMILES string of the molecule is O=C(c1cccc(C(F)(F)F)c1)N1CCN(CCn2cccn2)CC1. The first-order valence-corrected chi connectivity index (χ1v) is 8.10. The molecule has 2 heterocycles. The van der Waals surface area contributed by atoms with Gasteiger partial charge in [-0.3, -0.25) is 14.4 Å². The summed E-state index contributed by atoms with van der Waals surface area (Å²) in [4.78, 5) is 16.3. The standard InChI is InChI=1S/C17H19F3N4O/c18-17(19,20)15-4-1-3-14(13-15)16(25)23-10-7-22(8-11-23)9-12-24-6-2-5-21-24/h1-6,13H,7-12H2. The molecule has 3 rings (SSSR count). The van der Waals surface area contributed by atoms with E-state index in [1.54, 1.807) is 11.1 Å². The summed E-state index contributed by atoms with van der Waals surface area (Å²) in [6.45, 7) is 4.02. The Morgan fingerprint density at radius 3 is 2.48 bits per heavy atom. The van der Waals surface area contributed by atoms with E-state index in [0.29, 0.717) is 26.2 Å². The van der Waals surface area contributed by atoms with Crippen LogP contribution in [0.15, 0.2) is 42.7 Å². The van der Waals surface area contributed by atoms with Gasteiger partial charge in [-0.25, -0.2) is 0 Å². The molecule has 25 heavy (non-hydrogen) atoms. The highest BCUT2D eigenvalue weighted by Crippen LogP contribution is 2.29. The predicted molar refractivity (Wildman–Crippen MR) is 86.0 cm³/mol. The zero-order valence-corrected chi connectivity index (χ0v) is 13.6. The van der Waals surface area contributed by atoms with E-state index in [9.17, 15) is 18.0 Å². The van der Waals surface area contributed by atoms with Crippen molar-refractivity contribution in [2.24, 2.45) is 0 Å². The van der Waals surface area contributed by atoms with Crippen LogP contribution in [-0.2, 0) is 12.7 Å². The van der Waals surface area contributed by atoms with E-state index in [1.807, 2.05) is 16.9 Å². The second kappa shape index (κ2) is 7.26. The molecule has 5 nitrogen and oxygen atoms in total. The predicted octanol–water partition coefficient (Wildman–Crippen LogP) is 2.36. The molecule has 1 fully saturated rings. The van der Waals surface area contributed by atoms with Gasteiger partial charge in [0, 0.05) is 50.7 Å². The monoisotopic (exact) mass is 352 g/mol. The second-order valence-corrected chi connectivity index (χ2v) is 5.98. The lowest BCUT2D eigenvalue weighted by Crippen LogP contribution is -2.49. The Balaban J connectivity index is 1.55. The first kappa shape index (κ1) is 17.5. The smallest absolute Gasteiger partial charge is 0.336 e. The number of aromatic nitrogens is 2. The molecule has 1 aliphatic rings. The van der Waals surface area contributed by atoms with Crippen LogP contribution in [0.25, 0.3) is 0 Å². The van der Waals surface area contributed by atoms with Gasteiger partial charge in [-0.1, -0.05) is 6.07 Å². The van der Waals surface area contributed by atoms with Crippen molar-refractivity contribution < 1.29 is 18.0 Å². The van der Waals surface area contributed by atoms with Crippen molar-refractivity contribution in [2.75, 3.05) is 32.7 Å². The van der Waals surface area contributed by atoms with Gasteiger partial charge in [0.2, 0.25) is 0 Å². The Morgan fingerprint density at radius 2 is 1.84 bits per heavy atom. The van der Waals surface area contributed by atoms with E-state index >= 15 is 0 Å². The van der Waals surface area contributed by atoms with Gasteiger partial charge in [0.15, 0.2) is 0 Å². The van der Waals surface area contributed by atoms with E-state index < -0.39 is 11.7 Å². The summed E-state index contributed by atoms with van der Waals surface area (Å²) < 4.78 is 40.2. The topological polar surface area (TPSA) is 41.4 Å². The van der Waals surface area contributed by atoms with Crippen molar-refractivity contribution >= 4 is 5.91 Å². The number of rotatable bonds is 4. The number of hydrogen-bond acceptors (Lipinski definition) is 3. The van der Waals surface area contributed by atoms with E-state index in [0.717, 1.165) is 25.2 Å². The Hall–Kier alpha value is -2.35. The summed E-state index contributed by atoms with van der Waals surface area (Å²) in [6.07, 6.45) is -0.819. The second-order valence-electron chi connectivity index (χ2n) is 5.98. The lowest BCUT2D eigenvalue weighted by Gasteiger charge is -2.34. The summed E-state index contributed by atoms with van der Waals surface area (Å²) in [7, 11) is 0. The van der Waals surface area contributed by atoms with Gasteiger partial charge in [-0.15, -0.1) is 0 Å². The largest absolute Gasteiger partial charge is 0.416 e. The fourth-order valence-corrected chi connectivity index (χ4v) is 2.86. The number of benzene rings is 1. The molecule has 0 aliphatic carbocycles. The van der Waals surface area contributed by atoms with Gasteiger partial charge < -0.3 is 4.90 Å². The number of halogens is 3. The molecule has 1 aromatic heterocycles. The van der Waals surface area contributed by atoms with E-state index in [4.69, 9.17) is 0 Å². The van der Waals surface area contributed by atoms with Gasteiger partial charge in [-0.2, -0.15) is 18.3 Å². The molecular weight excluding hydrogens is 333 g/mol. The average molecular weight is 352 g/mol. The average Bonchev–Trinajstić information content (AvgIpc) is 3.13. The fraction of sp³-hybridized carbons (Fsp3) is 0.412. The molecule has 0 saturated carbocycles. The maximum Gasteiger partial charge on any atom is 0.416 e. The molecule has 0 spiro atoms. The minimum absolute atomic E-state index is 0.0832. The third-order valence-electron chi connectivity index (χ3n) is 4.30. The number of carbonyl (C=O) groups is 1. The highest BCUT2D eigenvalue weighted by atomic mass is 19.4. The van der Waals surface area contributed by atoms with Crippen molar-refractivity contribution in [1.29, 1.82) is 0 Å². The Labute approximate surface area is 143 Å². The zero-order chi connectivity index (χ0) is 17.9. The lowest BCUT2D eigenvalue weighted by molar-refractivity contribution is -0.137. The number of hydrogen-bond donors (Lipinski definition) is 0. The van der Waals surface area contributed by atoms with Crippen molar-refractivity contribution in [2.45, 2.75) is 12.7 Å². The first-order valence-electron chi connectivity index (χ1n) is 8.10. The van der Waals surface area contributed by atoms with Gasteiger partial charge >= 0.3 is 6.18 Å². The highest BCUT2D eigenvalue weighted by molar-refractivity contribution is 5.94. The molecule has 0 radical (unpaired) electrons. The van der Waals surface area contributed by atoms with Crippen LogP contribution in [-0.4, -0.2) is 58.2 Å². The normalized spacial score (nSPS) is 16.2. The number of carbonyl (C=O) groups excluding carboxylic acids is 1. The van der Waals surface area contributed by atoms with E-state index in [2.05, 4.69) is 10.00 Å². The van der Waals surface area contributed by atoms with Crippen LogP contribution in [0.1, 0.15) is 15.9 Å². The Bertz CT molecular complexity index is 707. The zero-order valence-electron chi connectivity index (χ0n) is 13.6. The molecule has 1 aromatic carbocycles. The third-order valence-corrected chi connectivity index (χ3v) is 4.30. The minimum Gasteiger partial charge on any atom is -0.336 e. The van der Waals surface area contributed by atoms with Crippen LogP contribution in [0.3, 0.4) is 0 Å². The van der Waals surface area contributed by atoms with Gasteiger partial charge in [0.05, 0.1) is 12.1 Å². The molecule has 1 saturated heterocycles. The summed E-state index contributed by atoms with van der Waals surface area (Å²) in [5, 5.41) is 4.15. The number of piperazine rings is 1. The lowest BCUT2D eigenvalue weighted by atomic mass is 10.1. The van der Waals surface area contributed by atoms with Gasteiger partial charge in [0.25, 0.3) is 5.91 Å². The van der Waals surface area contributed by atoms with Crippen LogP contribution in [0.5, 0.6) is 0 Å². The molecule has 134 valence electrons. The molecule has 8 heteroatoms. The van der Waals surface area contributed by atoms with Crippen LogP contribution in [0, 0.1) is 0 Å². The van der Waals surface area contributed by atoms with Crippen LogP contribution < -0.4 is 0 Å². The first-order chi connectivity index (χ1) is 11.9. The summed E-state index contributed by atoms with van der Waals surface area (Å²) in [6, 6.07) is 6.47. The fourth-order valence-electron chi connectivity index (χ4n) is 2.86. The summed E-state index contributed by atoms with van der Waals surface area (Å²) >= 11 is 0. The molecule has 0 N–H and O–H groups in total. The maximum atomic E-state index is 12.8. The molecule has 2 aromatic rings. The quantitative estimate of drug-likeness (QED) is 0.848. The number of nitrogens with zero attached hydrogens (tertiary/aromatic N) is 4. The third kappa shape index (κ3) is 4.39. The maximum absolute atomic E-state index is 12.8. The van der Waals surface area contributed by atoms with Crippen molar-refractivity contribution in [3.63, 3.8) is 0 Å². The number of amides is 1. The minimum atomic E-state index is -4.44. The van der Waals surface area contributed by atoms with E-state index in [-0.39, 0.29) is 11.5 Å². The van der Waals surface area contributed by atoms with Gasteiger partial charge in [-0.05, 0) is 24.3 Å². The molecular formula is C17H19F3N4O. The highest BCUT2D eigenvalue weighted by Gasteiger charge is 2.31. The van der Waals surface area contributed by atoms with Crippen molar-refractivity contribution in [1.82, 2.24) is 19.6 Å². The van der Waals surface area contributed by atoms with Gasteiger partial charge in [0.1, 0.15) is 0 Å². The van der Waals surface area contributed by atoms with Crippen LogP contribution in [0.4, 0.5) is 13.2 Å². The Morgan fingerprint density at radius 1 is 1.08 bits per heavy atom. The Kier molecular flexibility index (Phi) is 5.08. The molecule has 0 bridgehead atoms. The molecule has 1 aliphatic heterocycles. The van der Waals surface area contributed by atoms with E-state index in [1.165, 1.54) is 12.1 Å². The summed E-state index contributed by atoms with van der Waals surface area (Å²) in [5.74, 6) is -0.349. The molecule has 0 atom stereocenters. The van der Waals surface area contributed by atoms with Crippen molar-refractivity contribution in [3.05, 3.63) is 53.9 Å².